The van der Waals surface area contributed by atoms with Crippen LogP contribution in [0.25, 0.3) is 22.4 Å². The number of piperazine rings is 1. The van der Waals surface area contributed by atoms with Crippen molar-refractivity contribution in [1.82, 2.24) is 29.5 Å². The third-order valence-electron chi connectivity index (χ3n) is 6.62. The zero-order valence-corrected chi connectivity index (χ0v) is 20.5. The number of halogens is 2. The quantitative estimate of drug-likeness (QED) is 0.400. The van der Waals surface area contributed by atoms with E-state index in [1.165, 1.54) is 6.33 Å². The second-order valence-electron chi connectivity index (χ2n) is 9.57. The van der Waals surface area contributed by atoms with E-state index in [0.717, 1.165) is 23.3 Å². The van der Waals surface area contributed by atoms with E-state index in [9.17, 15) is 13.6 Å². The average molecular weight is 495 g/mol. The summed E-state index contributed by atoms with van der Waals surface area (Å²) >= 11 is 0. The molecule has 4 aromatic rings. The summed E-state index contributed by atoms with van der Waals surface area (Å²) in [7, 11) is 0. The highest BCUT2D eigenvalue weighted by Gasteiger charge is 2.32. The van der Waals surface area contributed by atoms with E-state index in [1.54, 1.807) is 4.57 Å². The first-order valence-corrected chi connectivity index (χ1v) is 12.0. The van der Waals surface area contributed by atoms with E-state index in [0.29, 0.717) is 55.5 Å². The Kier molecular flexibility index (Phi) is 6.53. The predicted octanol–water partition coefficient (Wildman–Crippen LogP) is 4.21. The van der Waals surface area contributed by atoms with Gasteiger partial charge in [-0.25, -0.2) is 13.8 Å². The van der Waals surface area contributed by atoms with Crippen LogP contribution in [0.1, 0.15) is 31.3 Å². The molecule has 0 bridgehead atoms. The number of carbonyl (C=O) groups is 1. The summed E-state index contributed by atoms with van der Waals surface area (Å²) in [5, 5.41) is 4.10. The Morgan fingerprint density at radius 3 is 2.44 bits per heavy atom. The van der Waals surface area contributed by atoms with Gasteiger partial charge in [-0.3, -0.25) is 9.69 Å². The molecule has 5 rings (SSSR count). The molecule has 1 saturated heterocycles. The third-order valence-corrected chi connectivity index (χ3v) is 6.62. The Balaban J connectivity index is 1.24. The lowest BCUT2D eigenvalue weighted by Crippen LogP contribution is -2.50. The Bertz CT molecular complexity index is 1370. The van der Waals surface area contributed by atoms with Gasteiger partial charge in [0.2, 0.25) is 17.6 Å². The molecule has 8 nitrogen and oxygen atoms in total. The summed E-state index contributed by atoms with van der Waals surface area (Å²) in [5.74, 6) is -0.956. The first-order chi connectivity index (χ1) is 17.3. The van der Waals surface area contributed by atoms with E-state index in [1.807, 2.05) is 49.9 Å². The average Bonchev–Trinajstić information content (AvgIpc) is 3.48. The summed E-state index contributed by atoms with van der Waals surface area (Å²) in [5.41, 5.74) is 2.79. The number of carbonyl (C=O) groups excluding carboxylic acids is 1. The molecule has 0 N–H and O–H groups in total. The number of hydrogen-bond acceptors (Lipinski definition) is 6. The van der Waals surface area contributed by atoms with Gasteiger partial charge in [0, 0.05) is 43.9 Å². The lowest BCUT2D eigenvalue weighted by Gasteiger charge is -2.37. The highest BCUT2D eigenvalue weighted by molar-refractivity contribution is 5.84. The molecule has 36 heavy (non-hydrogen) atoms. The Morgan fingerprint density at radius 1 is 1.06 bits per heavy atom. The van der Waals surface area contributed by atoms with Gasteiger partial charge in [0.05, 0.1) is 23.9 Å². The molecule has 3 heterocycles. The van der Waals surface area contributed by atoms with Crippen LogP contribution in [0.2, 0.25) is 0 Å². The Hall–Kier alpha value is -3.66. The maximum absolute atomic E-state index is 13.9. The van der Waals surface area contributed by atoms with Crippen LogP contribution in [0, 0.1) is 24.5 Å². The molecule has 1 atom stereocenters. The molecular weight excluding hydrogens is 466 g/mol. The van der Waals surface area contributed by atoms with E-state index in [2.05, 4.69) is 20.0 Å². The fraction of sp³-hybridized carbons (Fsp3) is 0.385. The van der Waals surface area contributed by atoms with Crippen molar-refractivity contribution < 1.29 is 18.1 Å². The molecule has 1 aliphatic heterocycles. The Morgan fingerprint density at radius 2 is 1.75 bits per heavy atom. The number of aromatic nitrogens is 4. The largest absolute Gasteiger partial charge is 0.338 e. The van der Waals surface area contributed by atoms with Gasteiger partial charge in [0.1, 0.15) is 6.04 Å². The lowest BCUT2D eigenvalue weighted by atomic mass is 10.0. The fourth-order valence-corrected chi connectivity index (χ4v) is 4.61. The second-order valence-corrected chi connectivity index (χ2v) is 9.57. The zero-order chi connectivity index (χ0) is 25.4. The summed E-state index contributed by atoms with van der Waals surface area (Å²) in [4.78, 5) is 26.2. The summed E-state index contributed by atoms with van der Waals surface area (Å²) in [6.45, 7) is 8.79. The van der Waals surface area contributed by atoms with Gasteiger partial charge >= 0.3 is 0 Å². The van der Waals surface area contributed by atoms with Crippen molar-refractivity contribution in [3.63, 3.8) is 0 Å². The SMILES string of the molecule is Cc1ccc(-c2noc(CN3CCN(C(=O)C(C(C)C)n4cnc5cc(F)c(F)cc54)CC3)n2)cc1. The number of rotatable bonds is 6. The molecule has 1 unspecified atom stereocenters. The van der Waals surface area contributed by atoms with Gasteiger partial charge in [-0.05, 0) is 12.8 Å². The van der Waals surface area contributed by atoms with Crippen molar-refractivity contribution in [2.45, 2.75) is 33.4 Å². The number of fused-ring (bicyclic) bond motifs is 1. The summed E-state index contributed by atoms with van der Waals surface area (Å²) in [6, 6.07) is 9.54. The minimum absolute atomic E-state index is 0.0619. The molecule has 0 spiro atoms. The van der Waals surface area contributed by atoms with Crippen LogP contribution in [0.4, 0.5) is 8.78 Å². The highest BCUT2D eigenvalue weighted by Crippen LogP contribution is 2.27. The van der Waals surface area contributed by atoms with Gasteiger partial charge in [0.25, 0.3) is 0 Å². The predicted molar refractivity (Wildman–Crippen MR) is 130 cm³/mol. The summed E-state index contributed by atoms with van der Waals surface area (Å²) in [6.07, 6.45) is 1.49. The maximum Gasteiger partial charge on any atom is 0.246 e. The standard InChI is InChI=1S/C26H28F2N6O2/c1-16(2)24(34-15-29-21-12-19(27)20(28)13-22(21)34)26(35)33-10-8-32(9-11-33)14-23-30-25(31-36-23)18-6-4-17(3)5-7-18/h4-7,12-13,15-16,24H,8-11,14H2,1-3H3. The van der Waals surface area contributed by atoms with Crippen molar-refractivity contribution in [3.05, 3.63) is 65.8 Å². The molecule has 0 saturated carbocycles. The molecule has 1 amide bonds. The fourth-order valence-electron chi connectivity index (χ4n) is 4.61. The van der Waals surface area contributed by atoms with Gasteiger partial charge in [-0.15, -0.1) is 0 Å². The van der Waals surface area contributed by atoms with Gasteiger partial charge in [-0.2, -0.15) is 4.98 Å². The number of nitrogens with zero attached hydrogens (tertiary/aromatic N) is 6. The number of imidazole rings is 1. The van der Waals surface area contributed by atoms with Crippen molar-refractivity contribution in [1.29, 1.82) is 0 Å². The smallest absolute Gasteiger partial charge is 0.246 e. The molecule has 1 fully saturated rings. The molecule has 2 aromatic carbocycles. The van der Waals surface area contributed by atoms with Crippen molar-refractivity contribution in [2.75, 3.05) is 26.2 Å². The zero-order valence-electron chi connectivity index (χ0n) is 20.5. The van der Waals surface area contributed by atoms with Gasteiger partial charge in [-0.1, -0.05) is 48.8 Å². The van der Waals surface area contributed by atoms with E-state index >= 15 is 0 Å². The van der Waals surface area contributed by atoms with Gasteiger partial charge in [0.15, 0.2) is 11.6 Å². The van der Waals surface area contributed by atoms with Crippen LogP contribution in [0.3, 0.4) is 0 Å². The lowest BCUT2D eigenvalue weighted by molar-refractivity contribution is -0.137. The molecule has 0 aliphatic carbocycles. The Labute approximate surface area is 207 Å². The minimum Gasteiger partial charge on any atom is -0.338 e. The van der Waals surface area contributed by atoms with Crippen LogP contribution in [0.15, 0.2) is 47.2 Å². The number of hydrogen-bond donors (Lipinski definition) is 0. The minimum atomic E-state index is -0.959. The van der Waals surface area contributed by atoms with Crippen molar-refractivity contribution in [2.24, 2.45) is 5.92 Å². The number of aryl methyl sites for hydroxylation is 1. The van der Waals surface area contributed by atoms with Gasteiger partial charge < -0.3 is 14.0 Å². The topological polar surface area (TPSA) is 80.3 Å². The van der Waals surface area contributed by atoms with Crippen LogP contribution in [0.5, 0.6) is 0 Å². The summed E-state index contributed by atoms with van der Waals surface area (Å²) < 4.78 is 34.7. The van der Waals surface area contributed by atoms with Crippen LogP contribution < -0.4 is 0 Å². The van der Waals surface area contributed by atoms with E-state index < -0.39 is 17.7 Å². The van der Waals surface area contributed by atoms with Crippen molar-refractivity contribution >= 4 is 16.9 Å². The molecule has 2 aromatic heterocycles. The molecule has 0 radical (unpaired) electrons. The van der Waals surface area contributed by atoms with Crippen molar-refractivity contribution in [3.8, 4) is 11.4 Å². The van der Waals surface area contributed by atoms with Crippen LogP contribution >= 0.6 is 0 Å². The molecular formula is C26H28F2N6O2. The number of amides is 1. The van der Waals surface area contributed by atoms with E-state index in [4.69, 9.17) is 4.52 Å². The number of benzene rings is 2. The maximum atomic E-state index is 13.9. The van der Waals surface area contributed by atoms with Crippen LogP contribution in [-0.4, -0.2) is 61.6 Å². The van der Waals surface area contributed by atoms with Crippen LogP contribution in [-0.2, 0) is 11.3 Å². The molecule has 188 valence electrons. The molecule has 10 heteroatoms. The third kappa shape index (κ3) is 4.73. The highest BCUT2D eigenvalue weighted by atomic mass is 19.2. The van der Waals surface area contributed by atoms with E-state index in [-0.39, 0.29) is 11.8 Å². The first kappa shape index (κ1) is 24.1. The molecule has 1 aliphatic rings. The first-order valence-electron chi connectivity index (χ1n) is 12.0. The normalized spacial score (nSPS) is 15.7. The second kappa shape index (κ2) is 9.77. The monoisotopic (exact) mass is 494 g/mol.